The van der Waals surface area contributed by atoms with Crippen molar-refractivity contribution in [3.63, 3.8) is 0 Å². The summed E-state index contributed by atoms with van der Waals surface area (Å²) in [5.41, 5.74) is 1.13. The Bertz CT molecular complexity index is 385. The first-order valence-corrected chi connectivity index (χ1v) is 6.88. The van der Waals surface area contributed by atoms with Crippen LogP contribution < -0.4 is 10.2 Å². The summed E-state index contributed by atoms with van der Waals surface area (Å²) in [5.74, 6) is 1.06. The van der Waals surface area contributed by atoms with Gasteiger partial charge in [0, 0.05) is 25.7 Å². The summed E-state index contributed by atoms with van der Waals surface area (Å²) in [4.78, 5) is 7.00. The minimum absolute atomic E-state index is 0.732. The van der Waals surface area contributed by atoms with Crippen LogP contribution in [0.1, 0.15) is 31.9 Å². The first kappa shape index (κ1) is 13.1. The van der Waals surface area contributed by atoms with Crippen molar-refractivity contribution in [2.45, 2.75) is 38.8 Å². The van der Waals surface area contributed by atoms with Crippen LogP contribution in [0.15, 0.2) is 30.9 Å². The Kier molecular flexibility index (Phi) is 4.76. The number of hydrogen-bond donors (Lipinski definition) is 1. The molecule has 0 radical (unpaired) electrons. The molecule has 3 heteroatoms. The van der Waals surface area contributed by atoms with Gasteiger partial charge in [0.05, 0.1) is 5.69 Å². The maximum absolute atomic E-state index is 4.73. The molecule has 0 amide bonds. The van der Waals surface area contributed by atoms with Crippen LogP contribution in [-0.4, -0.2) is 24.1 Å². The Morgan fingerprint density at radius 2 is 2.33 bits per heavy atom. The predicted octanol–water partition coefficient (Wildman–Crippen LogP) is 2.74. The van der Waals surface area contributed by atoms with E-state index < -0.39 is 0 Å². The second-order valence-corrected chi connectivity index (χ2v) is 4.88. The maximum atomic E-state index is 4.73. The highest BCUT2D eigenvalue weighted by Gasteiger charge is 2.20. The van der Waals surface area contributed by atoms with Gasteiger partial charge >= 0.3 is 0 Å². The molecule has 1 aromatic heterocycles. The number of nitrogens with one attached hydrogen (secondary N) is 1. The Morgan fingerprint density at radius 1 is 1.50 bits per heavy atom. The molecule has 0 aliphatic heterocycles. The van der Waals surface area contributed by atoms with Crippen LogP contribution in [0.4, 0.5) is 5.82 Å². The molecule has 0 saturated heterocycles. The smallest absolute Gasteiger partial charge is 0.129 e. The molecule has 0 spiro atoms. The van der Waals surface area contributed by atoms with Gasteiger partial charge in [-0.3, -0.25) is 0 Å². The van der Waals surface area contributed by atoms with Crippen molar-refractivity contribution in [3.05, 3.63) is 36.5 Å². The van der Waals surface area contributed by atoms with Crippen molar-refractivity contribution in [2.24, 2.45) is 0 Å². The monoisotopic (exact) mass is 245 g/mol. The first-order valence-electron chi connectivity index (χ1n) is 6.88. The van der Waals surface area contributed by atoms with E-state index in [0.717, 1.165) is 43.6 Å². The number of rotatable bonds is 8. The lowest BCUT2D eigenvalue weighted by Crippen LogP contribution is -2.25. The summed E-state index contributed by atoms with van der Waals surface area (Å²) in [7, 11) is 0. The summed E-state index contributed by atoms with van der Waals surface area (Å²) in [6.07, 6.45) is 5.70. The van der Waals surface area contributed by atoms with E-state index in [4.69, 9.17) is 4.98 Å². The van der Waals surface area contributed by atoms with Crippen molar-refractivity contribution >= 4 is 5.82 Å². The summed E-state index contributed by atoms with van der Waals surface area (Å²) in [6.45, 7) is 8.78. The second kappa shape index (κ2) is 6.55. The first-order chi connectivity index (χ1) is 8.83. The number of aromatic nitrogens is 1. The van der Waals surface area contributed by atoms with Crippen molar-refractivity contribution < 1.29 is 0 Å². The Morgan fingerprint density at radius 3 is 3.00 bits per heavy atom. The molecular formula is C15H23N3. The molecular weight excluding hydrogens is 222 g/mol. The molecule has 1 aliphatic rings. The molecule has 1 fully saturated rings. The lowest BCUT2D eigenvalue weighted by Gasteiger charge is -2.22. The zero-order chi connectivity index (χ0) is 12.8. The molecule has 0 bridgehead atoms. The molecule has 2 rings (SSSR count). The fraction of sp³-hybridized carbons (Fsp3) is 0.533. The van der Waals surface area contributed by atoms with Gasteiger partial charge in [0.15, 0.2) is 0 Å². The Balaban J connectivity index is 2.00. The predicted molar refractivity (Wildman–Crippen MR) is 76.8 cm³/mol. The van der Waals surface area contributed by atoms with Gasteiger partial charge in [-0.25, -0.2) is 4.98 Å². The molecule has 18 heavy (non-hydrogen) atoms. The van der Waals surface area contributed by atoms with Crippen LogP contribution in [0.3, 0.4) is 0 Å². The molecule has 3 nitrogen and oxygen atoms in total. The normalized spacial score (nSPS) is 14.5. The van der Waals surface area contributed by atoms with Crippen molar-refractivity contribution in [3.8, 4) is 0 Å². The Labute approximate surface area is 110 Å². The summed E-state index contributed by atoms with van der Waals surface area (Å²) in [5, 5.41) is 3.50. The number of nitrogens with zero attached hydrogens (tertiary/aromatic N) is 2. The molecule has 1 saturated carbocycles. The quantitative estimate of drug-likeness (QED) is 0.714. The van der Waals surface area contributed by atoms with Crippen LogP contribution in [0, 0.1) is 0 Å². The number of hydrogen-bond acceptors (Lipinski definition) is 3. The van der Waals surface area contributed by atoms with Crippen molar-refractivity contribution in [1.82, 2.24) is 10.3 Å². The SMILES string of the molecule is C=CCN(CCC)c1cccc(CNC2CC2)n1. The summed E-state index contributed by atoms with van der Waals surface area (Å²) in [6, 6.07) is 7.00. The van der Waals surface area contributed by atoms with Gasteiger partial charge in [0.2, 0.25) is 0 Å². The van der Waals surface area contributed by atoms with Crippen LogP contribution in [0.25, 0.3) is 0 Å². The maximum Gasteiger partial charge on any atom is 0.129 e. The van der Waals surface area contributed by atoms with Gasteiger partial charge in [-0.2, -0.15) is 0 Å². The molecule has 98 valence electrons. The molecule has 1 aliphatic carbocycles. The zero-order valence-electron chi connectivity index (χ0n) is 11.2. The van der Waals surface area contributed by atoms with Crippen LogP contribution in [-0.2, 0) is 6.54 Å². The molecule has 1 N–H and O–H groups in total. The third-order valence-corrected chi connectivity index (χ3v) is 3.11. The lowest BCUT2D eigenvalue weighted by atomic mass is 10.3. The van der Waals surface area contributed by atoms with Crippen LogP contribution >= 0.6 is 0 Å². The molecule has 0 atom stereocenters. The van der Waals surface area contributed by atoms with Crippen LogP contribution in [0.5, 0.6) is 0 Å². The fourth-order valence-electron chi connectivity index (χ4n) is 2.00. The number of anilines is 1. The van der Waals surface area contributed by atoms with Gasteiger partial charge in [0.1, 0.15) is 5.82 Å². The van der Waals surface area contributed by atoms with Gasteiger partial charge in [-0.1, -0.05) is 19.1 Å². The topological polar surface area (TPSA) is 28.2 Å². The van der Waals surface area contributed by atoms with E-state index in [-0.39, 0.29) is 0 Å². The Hall–Kier alpha value is -1.35. The van der Waals surface area contributed by atoms with E-state index in [1.165, 1.54) is 12.8 Å². The highest BCUT2D eigenvalue weighted by molar-refractivity contribution is 5.40. The third-order valence-electron chi connectivity index (χ3n) is 3.11. The number of pyridine rings is 1. The van der Waals surface area contributed by atoms with Crippen LogP contribution in [0.2, 0.25) is 0 Å². The minimum atomic E-state index is 0.732. The fourth-order valence-corrected chi connectivity index (χ4v) is 2.00. The highest BCUT2D eigenvalue weighted by Crippen LogP contribution is 2.19. The van der Waals surface area contributed by atoms with E-state index >= 15 is 0 Å². The molecule has 1 heterocycles. The van der Waals surface area contributed by atoms with E-state index in [2.05, 4.69) is 41.9 Å². The van der Waals surface area contributed by atoms with E-state index in [1.54, 1.807) is 0 Å². The average Bonchev–Trinajstić information content (AvgIpc) is 3.21. The largest absolute Gasteiger partial charge is 0.353 e. The van der Waals surface area contributed by atoms with Crippen molar-refractivity contribution in [1.29, 1.82) is 0 Å². The minimum Gasteiger partial charge on any atom is -0.353 e. The van der Waals surface area contributed by atoms with E-state index in [0.29, 0.717) is 0 Å². The molecule has 0 unspecified atom stereocenters. The molecule has 0 aromatic carbocycles. The molecule has 1 aromatic rings. The summed E-state index contributed by atoms with van der Waals surface area (Å²) < 4.78 is 0. The zero-order valence-corrected chi connectivity index (χ0v) is 11.2. The van der Waals surface area contributed by atoms with Gasteiger partial charge in [-0.05, 0) is 31.4 Å². The summed E-state index contributed by atoms with van der Waals surface area (Å²) >= 11 is 0. The van der Waals surface area contributed by atoms with E-state index in [9.17, 15) is 0 Å². The van der Waals surface area contributed by atoms with Gasteiger partial charge in [0.25, 0.3) is 0 Å². The third kappa shape index (κ3) is 3.84. The van der Waals surface area contributed by atoms with Gasteiger partial charge in [-0.15, -0.1) is 6.58 Å². The van der Waals surface area contributed by atoms with E-state index in [1.807, 2.05) is 6.08 Å². The standard InChI is InChI=1S/C15H23N3/c1-3-10-18(11-4-2)15-7-5-6-14(17-15)12-16-13-8-9-13/h3,5-7,13,16H,1,4,8-12H2,2H3. The second-order valence-electron chi connectivity index (χ2n) is 4.88. The lowest BCUT2D eigenvalue weighted by molar-refractivity contribution is 0.672. The average molecular weight is 245 g/mol. The highest BCUT2D eigenvalue weighted by atomic mass is 15.2. The van der Waals surface area contributed by atoms with Gasteiger partial charge < -0.3 is 10.2 Å². The van der Waals surface area contributed by atoms with Crippen molar-refractivity contribution in [2.75, 3.05) is 18.0 Å².